The van der Waals surface area contributed by atoms with Crippen LogP contribution in [0, 0.1) is 10.1 Å². The molecule has 0 unspecified atom stereocenters. The number of hydrogen-bond acceptors (Lipinski definition) is 6. The highest BCUT2D eigenvalue weighted by molar-refractivity contribution is 7.80. The Hall–Kier alpha value is -3.66. The average Bonchev–Trinajstić information content (AvgIpc) is 2.73. The summed E-state index contributed by atoms with van der Waals surface area (Å²) in [5, 5.41) is 20.3. The number of anilines is 1. The Labute approximate surface area is 178 Å². The number of thiocarbonyl (C=S) groups is 1. The first-order valence-corrected chi connectivity index (χ1v) is 9.31. The van der Waals surface area contributed by atoms with Crippen molar-refractivity contribution in [3.8, 4) is 11.5 Å². The fraction of sp³-hybridized carbons (Fsp3) is 0.200. The van der Waals surface area contributed by atoms with Crippen LogP contribution in [0.1, 0.15) is 18.5 Å². The van der Waals surface area contributed by atoms with Crippen LogP contribution >= 0.6 is 12.2 Å². The maximum atomic E-state index is 13.2. The number of nitrogens with zero attached hydrogens (tertiary/aromatic N) is 1. The molecule has 2 aromatic carbocycles. The van der Waals surface area contributed by atoms with Crippen LogP contribution in [-0.2, 0) is 4.79 Å². The van der Waals surface area contributed by atoms with E-state index in [2.05, 4.69) is 16.0 Å². The molecule has 1 heterocycles. The third-order valence-corrected chi connectivity index (χ3v) is 4.80. The highest BCUT2D eigenvalue weighted by Crippen LogP contribution is 2.33. The van der Waals surface area contributed by atoms with Gasteiger partial charge in [0.05, 0.1) is 36.4 Å². The summed E-state index contributed by atoms with van der Waals surface area (Å²) in [6.45, 7) is 1.72. The molecule has 1 aliphatic rings. The molecule has 0 bridgehead atoms. The Morgan fingerprint density at radius 2 is 1.97 bits per heavy atom. The minimum absolute atomic E-state index is 0.0759. The first kappa shape index (κ1) is 21.1. The molecule has 1 atom stereocenters. The van der Waals surface area contributed by atoms with Gasteiger partial charge < -0.3 is 25.4 Å². The predicted octanol–water partition coefficient (Wildman–Crippen LogP) is 3.04. The molecule has 1 amide bonds. The maximum absolute atomic E-state index is 13.2. The number of allylic oxidation sites excluding steroid dienone is 1. The fourth-order valence-electron chi connectivity index (χ4n) is 3.15. The van der Waals surface area contributed by atoms with E-state index in [9.17, 15) is 14.9 Å². The number of rotatable bonds is 6. The van der Waals surface area contributed by atoms with E-state index in [0.717, 1.165) is 0 Å². The van der Waals surface area contributed by atoms with Gasteiger partial charge in [0, 0.05) is 23.9 Å². The van der Waals surface area contributed by atoms with Crippen molar-refractivity contribution in [2.75, 3.05) is 19.5 Å². The van der Waals surface area contributed by atoms with Crippen molar-refractivity contribution in [1.82, 2.24) is 10.6 Å². The zero-order valence-electron chi connectivity index (χ0n) is 16.5. The van der Waals surface area contributed by atoms with Crippen LogP contribution in [-0.4, -0.2) is 30.2 Å². The summed E-state index contributed by atoms with van der Waals surface area (Å²) < 4.78 is 10.5. The molecule has 3 rings (SSSR count). The number of nitro benzene ring substituents is 1. The summed E-state index contributed by atoms with van der Waals surface area (Å²) in [6, 6.07) is 10.4. The Balaban J connectivity index is 1.98. The molecule has 0 aromatic heterocycles. The molecule has 0 spiro atoms. The minimum Gasteiger partial charge on any atom is -0.497 e. The Kier molecular flexibility index (Phi) is 6.17. The van der Waals surface area contributed by atoms with E-state index in [1.165, 1.54) is 26.4 Å². The van der Waals surface area contributed by atoms with Crippen molar-refractivity contribution in [3.63, 3.8) is 0 Å². The lowest BCUT2D eigenvalue weighted by Crippen LogP contribution is -2.45. The van der Waals surface area contributed by atoms with Gasteiger partial charge in [-0.05, 0) is 36.8 Å². The van der Waals surface area contributed by atoms with Gasteiger partial charge in [0.2, 0.25) is 0 Å². The summed E-state index contributed by atoms with van der Waals surface area (Å²) in [4.78, 5) is 23.9. The van der Waals surface area contributed by atoms with Gasteiger partial charge in [-0.3, -0.25) is 14.9 Å². The number of methoxy groups -OCH3 is 2. The highest BCUT2D eigenvalue weighted by Gasteiger charge is 2.31. The second-order valence-electron chi connectivity index (χ2n) is 6.44. The monoisotopic (exact) mass is 428 g/mol. The molecule has 156 valence electrons. The Bertz CT molecular complexity index is 1050. The fourth-order valence-corrected chi connectivity index (χ4v) is 3.43. The summed E-state index contributed by atoms with van der Waals surface area (Å²) >= 11 is 5.22. The van der Waals surface area contributed by atoms with Crippen molar-refractivity contribution < 1.29 is 19.2 Å². The predicted molar refractivity (Wildman–Crippen MR) is 116 cm³/mol. The third-order valence-electron chi connectivity index (χ3n) is 4.59. The number of amides is 1. The van der Waals surface area contributed by atoms with Gasteiger partial charge in [-0.2, -0.15) is 0 Å². The number of nitro groups is 1. The van der Waals surface area contributed by atoms with Gasteiger partial charge in [0.1, 0.15) is 11.5 Å². The lowest BCUT2D eigenvalue weighted by atomic mass is 9.94. The molecular formula is C20H20N4O5S. The first-order chi connectivity index (χ1) is 14.3. The van der Waals surface area contributed by atoms with E-state index in [-0.39, 0.29) is 5.69 Å². The molecule has 0 fully saturated rings. The standard InChI is InChI=1S/C20H20N4O5S/c1-11-17(19(25)22-15-8-7-14(28-2)10-16(15)29-3)18(23-20(30)21-11)12-5-4-6-13(9-12)24(26)27/h4-10,18H,1-3H3,(H,22,25)(H2,21,23,30)/t18-/m1/s1. The third kappa shape index (κ3) is 4.33. The Morgan fingerprint density at radius 3 is 2.63 bits per heavy atom. The van der Waals surface area contributed by atoms with Crippen LogP contribution in [0.4, 0.5) is 11.4 Å². The van der Waals surface area contributed by atoms with Crippen LogP contribution in [0.15, 0.2) is 53.7 Å². The van der Waals surface area contributed by atoms with Crippen LogP contribution in [0.3, 0.4) is 0 Å². The molecule has 0 radical (unpaired) electrons. The lowest BCUT2D eigenvalue weighted by Gasteiger charge is -2.30. The minimum atomic E-state index is -0.664. The van der Waals surface area contributed by atoms with Crippen LogP contribution in [0.5, 0.6) is 11.5 Å². The smallest absolute Gasteiger partial charge is 0.269 e. The number of hydrogen-bond donors (Lipinski definition) is 3. The number of benzene rings is 2. The second kappa shape index (κ2) is 8.78. The van der Waals surface area contributed by atoms with Crippen LogP contribution in [0.2, 0.25) is 0 Å². The number of ether oxygens (including phenoxy) is 2. The summed E-state index contributed by atoms with van der Waals surface area (Å²) in [6.07, 6.45) is 0. The van der Waals surface area contributed by atoms with E-state index in [0.29, 0.717) is 39.1 Å². The summed E-state index contributed by atoms with van der Waals surface area (Å²) in [5.74, 6) is 0.608. The van der Waals surface area contributed by atoms with E-state index < -0.39 is 16.9 Å². The van der Waals surface area contributed by atoms with Crippen molar-refractivity contribution in [1.29, 1.82) is 0 Å². The van der Waals surface area contributed by atoms with E-state index in [1.54, 1.807) is 37.3 Å². The molecule has 30 heavy (non-hydrogen) atoms. The topological polar surface area (TPSA) is 115 Å². The van der Waals surface area contributed by atoms with E-state index in [1.807, 2.05) is 0 Å². The number of carbonyl (C=O) groups excluding carboxylic acids is 1. The molecule has 2 aromatic rings. The van der Waals surface area contributed by atoms with Gasteiger partial charge in [-0.25, -0.2) is 0 Å². The van der Waals surface area contributed by atoms with Crippen molar-refractivity contribution >= 4 is 34.6 Å². The average molecular weight is 428 g/mol. The lowest BCUT2D eigenvalue weighted by molar-refractivity contribution is -0.384. The molecule has 1 aliphatic heterocycles. The first-order valence-electron chi connectivity index (χ1n) is 8.90. The molecular weight excluding hydrogens is 408 g/mol. The molecule has 0 saturated carbocycles. The number of nitrogens with one attached hydrogen (secondary N) is 3. The normalized spacial score (nSPS) is 15.7. The molecule has 9 nitrogen and oxygen atoms in total. The number of carbonyl (C=O) groups is 1. The van der Waals surface area contributed by atoms with Crippen LogP contribution in [0.25, 0.3) is 0 Å². The maximum Gasteiger partial charge on any atom is 0.269 e. The largest absolute Gasteiger partial charge is 0.497 e. The SMILES string of the molecule is COc1ccc(NC(=O)C2=C(C)NC(=S)N[C@@H]2c2cccc([N+](=O)[O-])c2)c(OC)c1. The van der Waals surface area contributed by atoms with Crippen molar-refractivity contribution in [3.05, 3.63) is 69.4 Å². The van der Waals surface area contributed by atoms with E-state index in [4.69, 9.17) is 21.7 Å². The molecule has 0 aliphatic carbocycles. The van der Waals surface area contributed by atoms with E-state index >= 15 is 0 Å². The van der Waals surface area contributed by atoms with Crippen molar-refractivity contribution in [2.45, 2.75) is 13.0 Å². The van der Waals surface area contributed by atoms with Gasteiger partial charge in [0.15, 0.2) is 5.11 Å². The van der Waals surface area contributed by atoms with Crippen LogP contribution < -0.4 is 25.4 Å². The molecule has 0 saturated heterocycles. The summed E-state index contributed by atoms with van der Waals surface area (Å²) in [5.41, 5.74) is 1.81. The van der Waals surface area contributed by atoms with Gasteiger partial charge in [-0.1, -0.05) is 12.1 Å². The molecule has 3 N–H and O–H groups in total. The van der Waals surface area contributed by atoms with Gasteiger partial charge in [0.25, 0.3) is 11.6 Å². The summed E-state index contributed by atoms with van der Waals surface area (Å²) in [7, 11) is 3.02. The zero-order valence-corrected chi connectivity index (χ0v) is 17.3. The van der Waals surface area contributed by atoms with Crippen molar-refractivity contribution in [2.24, 2.45) is 0 Å². The Morgan fingerprint density at radius 1 is 1.20 bits per heavy atom. The molecule has 10 heteroatoms. The van der Waals surface area contributed by atoms with Gasteiger partial charge in [-0.15, -0.1) is 0 Å². The number of non-ortho nitro benzene ring substituents is 1. The second-order valence-corrected chi connectivity index (χ2v) is 6.85. The zero-order chi connectivity index (χ0) is 21.8. The quantitative estimate of drug-likeness (QED) is 0.365. The highest BCUT2D eigenvalue weighted by atomic mass is 32.1. The van der Waals surface area contributed by atoms with Gasteiger partial charge >= 0.3 is 0 Å².